The number of anilines is 1. The van der Waals surface area contributed by atoms with Crippen molar-refractivity contribution in [1.29, 1.82) is 0 Å². The zero-order valence-corrected chi connectivity index (χ0v) is 21.3. The Morgan fingerprint density at radius 2 is 1.86 bits per heavy atom. The van der Waals surface area contributed by atoms with Crippen LogP contribution >= 0.6 is 11.6 Å². The van der Waals surface area contributed by atoms with Gasteiger partial charge >= 0.3 is 6.03 Å². The number of piperidine rings is 1. The minimum absolute atomic E-state index is 0.252. The summed E-state index contributed by atoms with van der Waals surface area (Å²) in [6.07, 6.45) is 3.77. The first kappa shape index (κ1) is 25.5. The summed E-state index contributed by atoms with van der Waals surface area (Å²) in [5, 5.41) is 8.79. The quantitative estimate of drug-likeness (QED) is 0.431. The number of ether oxygens (including phenoxy) is 2. The molecule has 3 N–H and O–H groups in total. The van der Waals surface area contributed by atoms with Crippen molar-refractivity contribution < 1.29 is 19.1 Å². The highest BCUT2D eigenvalue weighted by atomic mass is 35.5. The molecular weight excluding hydrogens is 482 g/mol. The number of pyridine rings is 1. The molecule has 1 aliphatic rings. The van der Waals surface area contributed by atoms with Crippen LogP contribution in [0, 0.1) is 5.92 Å². The number of aromatic nitrogens is 1. The lowest BCUT2D eigenvalue weighted by atomic mass is 9.98. The lowest BCUT2D eigenvalue weighted by Crippen LogP contribution is -2.32. The van der Waals surface area contributed by atoms with Gasteiger partial charge in [-0.3, -0.25) is 9.78 Å². The minimum Gasteiger partial charge on any atom is -0.492 e. The number of amides is 3. The smallest absolute Gasteiger partial charge is 0.319 e. The molecule has 1 saturated heterocycles. The summed E-state index contributed by atoms with van der Waals surface area (Å²) in [6, 6.07) is 9.83. The third kappa shape index (κ3) is 5.98. The number of nitrogens with zero attached hydrogens (tertiary/aromatic N) is 2. The van der Waals surface area contributed by atoms with Crippen LogP contribution in [-0.2, 0) is 0 Å². The van der Waals surface area contributed by atoms with Crippen LogP contribution in [0.25, 0.3) is 10.9 Å². The van der Waals surface area contributed by atoms with E-state index in [9.17, 15) is 9.59 Å². The molecule has 3 amide bonds. The van der Waals surface area contributed by atoms with Crippen molar-refractivity contribution in [3.05, 3.63) is 53.2 Å². The zero-order chi connectivity index (χ0) is 25.7. The summed E-state index contributed by atoms with van der Waals surface area (Å²) in [5.41, 5.74) is 1.51. The Balaban J connectivity index is 1.60. The Morgan fingerprint density at radius 3 is 2.56 bits per heavy atom. The monoisotopic (exact) mass is 511 g/mol. The number of carbonyl (C=O) groups excluding carboxylic acids is 2. The summed E-state index contributed by atoms with van der Waals surface area (Å²) in [7, 11) is 5.23. The van der Waals surface area contributed by atoms with E-state index in [0.717, 1.165) is 25.9 Å². The van der Waals surface area contributed by atoms with E-state index in [-0.39, 0.29) is 11.9 Å². The largest absolute Gasteiger partial charge is 0.492 e. The molecular formula is C26H30ClN5O4. The Hall–Kier alpha value is -3.56. The fourth-order valence-corrected chi connectivity index (χ4v) is 4.30. The topological polar surface area (TPSA) is 105 Å². The van der Waals surface area contributed by atoms with Crippen LogP contribution in [0.4, 0.5) is 10.5 Å². The van der Waals surface area contributed by atoms with Crippen LogP contribution in [-0.4, -0.2) is 62.7 Å². The Labute approximate surface area is 215 Å². The van der Waals surface area contributed by atoms with Gasteiger partial charge in [-0.2, -0.15) is 0 Å². The standard InChI is InChI=1S/C26H30ClN5O4/c1-28-25(33)19-13-18-22(14-24(19)35-15-16-7-10-32(3)11-8-16)30-9-6-23(18)36-17-4-5-21(20(27)12-17)31-26(34)29-2/h4-6,9,12-14,16H,7-8,10-11,15H2,1-3H3,(H,28,33)(H2,29,31,34). The summed E-state index contributed by atoms with van der Waals surface area (Å²) >= 11 is 6.32. The molecule has 0 radical (unpaired) electrons. The molecule has 0 unspecified atom stereocenters. The molecule has 190 valence electrons. The maximum Gasteiger partial charge on any atom is 0.319 e. The predicted molar refractivity (Wildman–Crippen MR) is 140 cm³/mol. The Kier molecular flexibility index (Phi) is 8.12. The van der Waals surface area contributed by atoms with Gasteiger partial charge in [-0.05, 0) is 63.2 Å². The van der Waals surface area contributed by atoms with E-state index in [1.165, 1.54) is 7.05 Å². The predicted octanol–water partition coefficient (Wildman–Crippen LogP) is 4.51. The van der Waals surface area contributed by atoms with Gasteiger partial charge in [-0.25, -0.2) is 4.79 Å². The van der Waals surface area contributed by atoms with Gasteiger partial charge in [-0.1, -0.05) is 11.6 Å². The highest BCUT2D eigenvalue weighted by molar-refractivity contribution is 6.33. The summed E-state index contributed by atoms with van der Waals surface area (Å²) in [6.45, 7) is 2.64. The molecule has 1 fully saturated rings. The molecule has 10 heteroatoms. The van der Waals surface area contributed by atoms with Crippen molar-refractivity contribution in [2.45, 2.75) is 12.8 Å². The Bertz CT molecular complexity index is 1260. The highest BCUT2D eigenvalue weighted by Crippen LogP contribution is 2.35. The number of hydrogen-bond donors (Lipinski definition) is 3. The van der Waals surface area contributed by atoms with Gasteiger partial charge in [-0.15, -0.1) is 0 Å². The average molecular weight is 512 g/mol. The van der Waals surface area contributed by atoms with Crippen molar-refractivity contribution in [3.63, 3.8) is 0 Å². The molecule has 36 heavy (non-hydrogen) atoms. The molecule has 3 aromatic rings. The molecule has 1 aliphatic heterocycles. The Morgan fingerprint density at radius 1 is 1.08 bits per heavy atom. The van der Waals surface area contributed by atoms with Crippen LogP contribution in [0.15, 0.2) is 42.6 Å². The van der Waals surface area contributed by atoms with Gasteiger partial charge < -0.3 is 30.3 Å². The van der Waals surface area contributed by atoms with Crippen LogP contribution in [0.1, 0.15) is 23.2 Å². The van der Waals surface area contributed by atoms with Gasteiger partial charge in [0.15, 0.2) is 0 Å². The second kappa shape index (κ2) is 11.5. The first-order valence-electron chi connectivity index (χ1n) is 11.8. The number of fused-ring (bicyclic) bond motifs is 1. The van der Waals surface area contributed by atoms with Gasteiger partial charge in [0.05, 0.1) is 28.4 Å². The minimum atomic E-state index is -0.374. The molecule has 2 heterocycles. The van der Waals surface area contributed by atoms with Crippen molar-refractivity contribution in [1.82, 2.24) is 20.5 Å². The van der Waals surface area contributed by atoms with E-state index in [2.05, 4.69) is 32.9 Å². The number of nitrogens with one attached hydrogen (secondary N) is 3. The molecule has 0 atom stereocenters. The van der Waals surface area contributed by atoms with Crippen LogP contribution in [0.3, 0.4) is 0 Å². The summed E-state index contributed by atoms with van der Waals surface area (Å²) < 4.78 is 12.3. The maximum atomic E-state index is 12.7. The number of halogens is 1. The van der Waals surface area contributed by atoms with E-state index in [0.29, 0.717) is 56.9 Å². The van der Waals surface area contributed by atoms with Crippen molar-refractivity contribution in [2.75, 3.05) is 46.2 Å². The molecule has 0 aliphatic carbocycles. The van der Waals surface area contributed by atoms with Crippen molar-refractivity contribution in [3.8, 4) is 17.2 Å². The normalized spacial score (nSPS) is 14.3. The van der Waals surface area contributed by atoms with Gasteiger partial charge in [0.1, 0.15) is 17.2 Å². The molecule has 0 spiro atoms. The number of carbonyl (C=O) groups is 2. The van der Waals surface area contributed by atoms with Crippen LogP contribution < -0.4 is 25.4 Å². The third-order valence-electron chi connectivity index (χ3n) is 6.23. The summed E-state index contributed by atoms with van der Waals surface area (Å²) in [4.78, 5) is 31.1. The fraction of sp³-hybridized carbons (Fsp3) is 0.346. The van der Waals surface area contributed by atoms with Crippen LogP contribution in [0.5, 0.6) is 17.2 Å². The maximum absolute atomic E-state index is 12.7. The molecule has 0 saturated carbocycles. The van der Waals surface area contributed by atoms with Crippen molar-refractivity contribution >= 4 is 40.1 Å². The van der Waals surface area contributed by atoms with Crippen molar-refractivity contribution in [2.24, 2.45) is 5.92 Å². The number of hydrogen-bond acceptors (Lipinski definition) is 6. The number of rotatable bonds is 7. The SMILES string of the molecule is CNC(=O)Nc1ccc(Oc2ccnc3cc(OCC4CCN(C)CC4)c(C(=O)NC)cc23)cc1Cl. The second-order valence-electron chi connectivity index (χ2n) is 8.76. The van der Waals surface area contributed by atoms with Gasteiger partial charge in [0.2, 0.25) is 0 Å². The number of urea groups is 1. The zero-order valence-electron chi connectivity index (χ0n) is 20.6. The summed E-state index contributed by atoms with van der Waals surface area (Å²) in [5.74, 6) is 1.67. The van der Waals surface area contributed by atoms with Gasteiger partial charge in [0, 0.05) is 37.8 Å². The molecule has 1 aromatic heterocycles. The number of benzene rings is 2. The van der Waals surface area contributed by atoms with E-state index in [4.69, 9.17) is 21.1 Å². The van der Waals surface area contributed by atoms with Crippen LogP contribution in [0.2, 0.25) is 5.02 Å². The van der Waals surface area contributed by atoms with E-state index in [1.807, 2.05) is 0 Å². The molecule has 0 bridgehead atoms. The molecule has 9 nitrogen and oxygen atoms in total. The molecule has 2 aromatic carbocycles. The van der Waals surface area contributed by atoms with E-state index in [1.54, 1.807) is 49.6 Å². The lowest BCUT2D eigenvalue weighted by Gasteiger charge is -2.29. The second-order valence-corrected chi connectivity index (χ2v) is 9.17. The fourth-order valence-electron chi connectivity index (χ4n) is 4.08. The highest BCUT2D eigenvalue weighted by Gasteiger charge is 2.20. The molecule has 4 rings (SSSR count). The first-order valence-corrected chi connectivity index (χ1v) is 12.2. The average Bonchev–Trinajstić information content (AvgIpc) is 2.89. The van der Waals surface area contributed by atoms with E-state index >= 15 is 0 Å². The lowest BCUT2D eigenvalue weighted by molar-refractivity contribution is 0.0956. The number of likely N-dealkylation sites (tertiary alicyclic amines) is 1. The third-order valence-corrected chi connectivity index (χ3v) is 6.54. The first-order chi connectivity index (χ1) is 17.4. The van der Waals surface area contributed by atoms with Gasteiger partial charge in [0.25, 0.3) is 5.91 Å². The van der Waals surface area contributed by atoms with E-state index < -0.39 is 0 Å².